The summed E-state index contributed by atoms with van der Waals surface area (Å²) in [5, 5.41) is 7.78. The highest BCUT2D eigenvalue weighted by molar-refractivity contribution is 5.79. The molecule has 0 aliphatic heterocycles. The molecule has 7 heteroatoms. The van der Waals surface area contributed by atoms with Crippen LogP contribution in [0.1, 0.15) is 12.5 Å². The zero-order valence-electron chi connectivity index (χ0n) is 16.3. The minimum Gasteiger partial charge on any atom is -0.490 e. The van der Waals surface area contributed by atoms with Gasteiger partial charge in [0.05, 0.1) is 24.6 Å². The number of ether oxygens (including phenoxy) is 1. The van der Waals surface area contributed by atoms with Crippen molar-refractivity contribution in [1.82, 2.24) is 25.0 Å². The van der Waals surface area contributed by atoms with Gasteiger partial charge in [0, 0.05) is 38.1 Å². The molecule has 2 aromatic heterocycles. The molecule has 0 fully saturated rings. The number of hydrogen-bond donors (Lipinski definition) is 1. The number of rotatable bonds is 8. The van der Waals surface area contributed by atoms with E-state index in [1.165, 1.54) is 0 Å². The average Bonchev–Trinajstić information content (AvgIpc) is 3.20. The molecule has 0 aliphatic rings. The molecule has 3 rings (SSSR count). The van der Waals surface area contributed by atoms with E-state index >= 15 is 0 Å². The van der Waals surface area contributed by atoms with E-state index < -0.39 is 0 Å². The SMILES string of the molecule is CCNC(=NCCOc1cccnc1)N(C)Cc1cnn(-c2ccccc2)c1. The third-order valence-corrected chi connectivity index (χ3v) is 4.03. The summed E-state index contributed by atoms with van der Waals surface area (Å²) in [4.78, 5) is 10.8. The summed E-state index contributed by atoms with van der Waals surface area (Å²) in [5.74, 6) is 1.59. The van der Waals surface area contributed by atoms with Crippen molar-refractivity contribution in [1.29, 1.82) is 0 Å². The molecule has 0 bridgehead atoms. The second kappa shape index (κ2) is 10.1. The minimum absolute atomic E-state index is 0.500. The summed E-state index contributed by atoms with van der Waals surface area (Å²) in [5.41, 5.74) is 2.16. The lowest BCUT2D eigenvalue weighted by Crippen LogP contribution is -2.38. The summed E-state index contributed by atoms with van der Waals surface area (Å²) < 4.78 is 7.54. The Morgan fingerprint density at radius 3 is 2.79 bits per heavy atom. The Labute approximate surface area is 165 Å². The van der Waals surface area contributed by atoms with E-state index in [-0.39, 0.29) is 0 Å². The van der Waals surface area contributed by atoms with Crippen LogP contribution in [0.3, 0.4) is 0 Å². The first-order valence-electron chi connectivity index (χ1n) is 9.37. The van der Waals surface area contributed by atoms with Gasteiger partial charge in [-0.05, 0) is 31.2 Å². The largest absolute Gasteiger partial charge is 0.490 e. The molecule has 1 N–H and O–H groups in total. The number of benzene rings is 1. The molecule has 0 saturated carbocycles. The molecule has 0 saturated heterocycles. The third-order valence-electron chi connectivity index (χ3n) is 4.03. The van der Waals surface area contributed by atoms with Crippen LogP contribution in [0, 0.1) is 0 Å². The fraction of sp³-hybridized carbons (Fsp3) is 0.286. The van der Waals surface area contributed by atoms with Gasteiger partial charge in [-0.2, -0.15) is 5.10 Å². The monoisotopic (exact) mass is 378 g/mol. The van der Waals surface area contributed by atoms with Crippen LogP contribution in [0.4, 0.5) is 0 Å². The molecule has 7 nitrogen and oxygen atoms in total. The Kier molecular flexibility index (Phi) is 7.01. The van der Waals surface area contributed by atoms with E-state index in [4.69, 9.17) is 4.74 Å². The van der Waals surface area contributed by atoms with Crippen molar-refractivity contribution in [2.45, 2.75) is 13.5 Å². The Morgan fingerprint density at radius 2 is 2.04 bits per heavy atom. The Bertz CT molecular complexity index is 863. The standard InChI is InChI=1S/C21H26N6O/c1-3-23-21(24-12-13-28-20-10-7-11-22-15-20)26(2)16-18-14-25-27(17-18)19-8-5-4-6-9-19/h4-11,14-15,17H,3,12-13,16H2,1-2H3,(H,23,24). The van der Waals surface area contributed by atoms with Gasteiger partial charge in [0.1, 0.15) is 12.4 Å². The molecule has 28 heavy (non-hydrogen) atoms. The predicted octanol–water partition coefficient (Wildman–Crippen LogP) is 2.74. The smallest absolute Gasteiger partial charge is 0.194 e. The van der Waals surface area contributed by atoms with Gasteiger partial charge in [-0.25, -0.2) is 9.67 Å². The highest BCUT2D eigenvalue weighted by Gasteiger charge is 2.08. The van der Waals surface area contributed by atoms with E-state index in [2.05, 4.69) is 32.2 Å². The maximum absolute atomic E-state index is 5.66. The maximum atomic E-state index is 5.66. The van der Waals surface area contributed by atoms with Crippen molar-refractivity contribution in [2.75, 3.05) is 26.7 Å². The summed E-state index contributed by atoms with van der Waals surface area (Å²) in [7, 11) is 2.02. The molecule has 146 valence electrons. The van der Waals surface area contributed by atoms with Gasteiger partial charge in [0.2, 0.25) is 0 Å². The first kappa shape index (κ1) is 19.4. The first-order chi connectivity index (χ1) is 13.8. The second-order valence-electron chi connectivity index (χ2n) is 6.26. The summed E-state index contributed by atoms with van der Waals surface area (Å²) in [6.07, 6.45) is 7.36. The Balaban J connectivity index is 1.56. The van der Waals surface area contributed by atoms with Crippen molar-refractivity contribution in [3.63, 3.8) is 0 Å². The van der Waals surface area contributed by atoms with Gasteiger partial charge < -0.3 is 15.0 Å². The predicted molar refractivity (Wildman–Crippen MR) is 111 cm³/mol. The molecule has 0 radical (unpaired) electrons. The van der Waals surface area contributed by atoms with Crippen LogP contribution in [-0.4, -0.2) is 52.4 Å². The highest BCUT2D eigenvalue weighted by Crippen LogP contribution is 2.09. The number of guanidine groups is 1. The van der Waals surface area contributed by atoms with Crippen molar-refractivity contribution in [2.24, 2.45) is 4.99 Å². The first-order valence-corrected chi connectivity index (χ1v) is 9.37. The minimum atomic E-state index is 0.500. The normalized spacial score (nSPS) is 11.3. The van der Waals surface area contributed by atoms with Crippen LogP contribution in [-0.2, 0) is 6.54 Å². The lowest BCUT2D eigenvalue weighted by atomic mass is 10.3. The van der Waals surface area contributed by atoms with Crippen molar-refractivity contribution >= 4 is 5.96 Å². The topological polar surface area (TPSA) is 67.6 Å². The van der Waals surface area contributed by atoms with Crippen molar-refractivity contribution in [3.05, 3.63) is 72.8 Å². The second-order valence-corrected chi connectivity index (χ2v) is 6.26. The molecule has 3 aromatic rings. The number of hydrogen-bond acceptors (Lipinski definition) is 4. The number of pyridine rings is 1. The van der Waals surface area contributed by atoms with Gasteiger partial charge in [-0.15, -0.1) is 0 Å². The zero-order valence-corrected chi connectivity index (χ0v) is 16.3. The molecule has 0 spiro atoms. The maximum Gasteiger partial charge on any atom is 0.194 e. The van der Waals surface area contributed by atoms with Crippen LogP contribution in [0.2, 0.25) is 0 Å². The third kappa shape index (κ3) is 5.57. The fourth-order valence-corrected chi connectivity index (χ4v) is 2.73. The molecule has 0 aliphatic carbocycles. The van der Waals surface area contributed by atoms with Gasteiger partial charge in [0.15, 0.2) is 5.96 Å². The number of para-hydroxylation sites is 1. The Morgan fingerprint density at radius 1 is 1.18 bits per heavy atom. The Hall–Kier alpha value is -3.35. The summed E-state index contributed by atoms with van der Waals surface area (Å²) in [6.45, 7) is 4.63. The molecule has 2 heterocycles. The molecule has 0 atom stereocenters. The van der Waals surface area contributed by atoms with Gasteiger partial charge in [-0.3, -0.25) is 4.98 Å². The molecule has 1 aromatic carbocycles. The molecular weight excluding hydrogens is 352 g/mol. The van der Waals surface area contributed by atoms with E-state index in [0.29, 0.717) is 19.7 Å². The number of aliphatic imine (C=N–C) groups is 1. The highest BCUT2D eigenvalue weighted by atomic mass is 16.5. The zero-order chi connectivity index (χ0) is 19.6. The molecule has 0 amide bonds. The van der Waals surface area contributed by atoms with Gasteiger partial charge in [0.25, 0.3) is 0 Å². The van der Waals surface area contributed by atoms with E-state index in [1.54, 1.807) is 12.4 Å². The van der Waals surface area contributed by atoms with Crippen molar-refractivity contribution in [3.8, 4) is 11.4 Å². The van der Waals surface area contributed by atoms with Crippen LogP contribution in [0.25, 0.3) is 5.69 Å². The van der Waals surface area contributed by atoms with E-state index in [0.717, 1.165) is 29.5 Å². The number of nitrogens with one attached hydrogen (secondary N) is 1. The van der Waals surface area contributed by atoms with Crippen LogP contribution in [0.5, 0.6) is 5.75 Å². The number of nitrogens with zero attached hydrogens (tertiary/aromatic N) is 5. The van der Waals surface area contributed by atoms with Crippen molar-refractivity contribution < 1.29 is 4.74 Å². The lowest BCUT2D eigenvalue weighted by Gasteiger charge is -2.21. The average molecular weight is 378 g/mol. The molecular formula is C21H26N6O. The van der Waals surface area contributed by atoms with Gasteiger partial charge >= 0.3 is 0 Å². The van der Waals surface area contributed by atoms with E-state index in [1.807, 2.05) is 66.6 Å². The van der Waals surface area contributed by atoms with E-state index in [9.17, 15) is 0 Å². The summed E-state index contributed by atoms with van der Waals surface area (Å²) >= 11 is 0. The lowest BCUT2D eigenvalue weighted by molar-refractivity contribution is 0.326. The fourth-order valence-electron chi connectivity index (χ4n) is 2.73. The van der Waals surface area contributed by atoms with Crippen LogP contribution >= 0.6 is 0 Å². The van der Waals surface area contributed by atoms with Crippen LogP contribution < -0.4 is 10.1 Å². The van der Waals surface area contributed by atoms with Crippen LogP contribution in [0.15, 0.2) is 72.2 Å². The summed E-state index contributed by atoms with van der Waals surface area (Å²) in [6, 6.07) is 13.8. The quantitative estimate of drug-likeness (QED) is 0.371. The number of aromatic nitrogens is 3. The van der Waals surface area contributed by atoms with Gasteiger partial charge in [-0.1, -0.05) is 18.2 Å². The molecule has 0 unspecified atom stereocenters.